The molecule has 0 spiro atoms. The highest BCUT2D eigenvalue weighted by atomic mass is 32.2. The first-order valence-corrected chi connectivity index (χ1v) is 4.86. The van der Waals surface area contributed by atoms with Gasteiger partial charge in [-0.05, 0) is 31.0 Å². The van der Waals surface area contributed by atoms with Gasteiger partial charge in [-0.25, -0.2) is 0 Å². The van der Waals surface area contributed by atoms with E-state index in [0.717, 1.165) is 6.54 Å². The molecule has 2 heteroatoms. The van der Waals surface area contributed by atoms with Gasteiger partial charge < -0.3 is 0 Å². The Morgan fingerprint density at radius 3 is 3.00 bits per heavy atom. The molecule has 0 amide bonds. The number of nitrogens with zero attached hydrogens (tertiary/aromatic N) is 1. The van der Waals surface area contributed by atoms with Crippen LogP contribution >= 0.6 is 11.8 Å². The molecule has 1 aliphatic rings. The van der Waals surface area contributed by atoms with Crippen LogP contribution in [0.4, 0.5) is 0 Å². The van der Waals surface area contributed by atoms with Gasteiger partial charge in [-0.15, -0.1) is 0 Å². The van der Waals surface area contributed by atoms with E-state index < -0.39 is 0 Å². The van der Waals surface area contributed by atoms with Crippen molar-refractivity contribution >= 4 is 16.8 Å². The smallest absolute Gasteiger partial charge is 0.0696 e. The van der Waals surface area contributed by atoms with E-state index in [1.165, 1.54) is 21.1 Å². The first-order valence-electron chi connectivity index (χ1n) is 4.04. The Morgan fingerprint density at radius 1 is 1.33 bits per heavy atom. The van der Waals surface area contributed by atoms with Crippen LogP contribution in [0.15, 0.2) is 28.1 Å². The van der Waals surface area contributed by atoms with Crippen molar-refractivity contribution in [3.8, 4) is 0 Å². The van der Waals surface area contributed by atoms with Crippen LogP contribution in [0, 0.1) is 6.92 Å². The van der Waals surface area contributed by atoms with Crippen LogP contribution in [-0.4, -0.2) is 5.04 Å². The zero-order valence-corrected chi connectivity index (χ0v) is 8.11. The van der Waals surface area contributed by atoms with Crippen molar-refractivity contribution in [2.24, 2.45) is 4.99 Å². The first-order chi connectivity index (χ1) is 5.75. The summed E-state index contributed by atoms with van der Waals surface area (Å²) in [4.78, 5) is 5.76. The van der Waals surface area contributed by atoms with E-state index in [2.05, 4.69) is 37.0 Å². The second-order valence-corrected chi connectivity index (χ2v) is 4.28. The van der Waals surface area contributed by atoms with E-state index in [-0.39, 0.29) is 0 Å². The molecule has 1 heterocycles. The number of hydrogen-bond acceptors (Lipinski definition) is 2. The number of thioether (sulfide) groups is 1. The molecule has 62 valence electrons. The number of rotatable bonds is 0. The SMILES string of the molecule is CC1=NCc2ccc(C)cc2S1. The Labute approximate surface area is 76.9 Å². The molecule has 0 saturated heterocycles. The summed E-state index contributed by atoms with van der Waals surface area (Å²) in [7, 11) is 0. The van der Waals surface area contributed by atoms with Gasteiger partial charge in [0.1, 0.15) is 0 Å². The summed E-state index contributed by atoms with van der Waals surface area (Å²) in [5, 5.41) is 1.17. The van der Waals surface area contributed by atoms with Gasteiger partial charge in [-0.2, -0.15) is 0 Å². The summed E-state index contributed by atoms with van der Waals surface area (Å²) in [6.07, 6.45) is 0. The Balaban J connectivity index is 2.43. The molecule has 1 aliphatic heterocycles. The Bertz CT molecular complexity index is 342. The zero-order chi connectivity index (χ0) is 8.55. The van der Waals surface area contributed by atoms with Gasteiger partial charge in [0, 0.05) is 4.90 Å². The van der Waals surface area contributed by atoms with Crippen molar-refractivity contribution in [2.45, 2.75) is 25.3 Å². The van der Waals surface area contributed by atoms with Gasteiger partial charge in [0.2, 0.25) is 0 Å². The maximum atomic E-state index is 4.38. The van der Waals surface area contributed by atoms with E-state index in [9.17, 15) is 0 Å². The fraction of sp³-hybridized carbons (Fsp3) is 0.300. The average Bonchev–Trinajstić information content (AvgIpc) is 2.03. The Hall–Kier alpha value is -0.760. The van der Waals surface area contributed by atoms with Gasteiger partial charge in [0.05, 0.1) is 11.6 Å². The van der Waals surface area contributed by atoms with Crippen LogP contribution < -0.4 is 0 Å². The second kappa shape index (κ2) is 2.94. The van der Waals surface area contributed by atoms with Crippen molar-refractivity contribution in [3.63, 3.8) is 0 Å². The molecule has 0 atom stereocenters. The van der Waals surface area contributed by atoms with Crippen LogP contribution in [-0.2, 0) is 6.54 Å². The number of hydrogen-bond donors (Lipinski definition) is 0. The van der Waals surface area contributed by atoms with Crippen molar-refractivity contribution in [3.05, 3.63) is 29.3 Å². The molecule has 0 aromatic heterocycles. The third-order valence-corrected chi connectivity index (χ3v) is 2.98. The monoisotopic (exact) mass is 177 g/mol. The summed E-state index contributed by atoms with van der Waals surface area (Å²) in [6.45, 7) is 5.05. The summed E-state index contributed by atoms with van der Waals surface area (Å²) in [5.74, 6) is 0. The van der Waals surface area contributed by atoms with Crippen LogP contribution in [0.3, 0.4) is 0 Å². The molecule has 0 N–H and O–H groups in total. The minimum Gasteiger partial charge on any atom is -0.278 e. The fourth-order valence-electron chi connectivity index (χ4n) is 1.28. The molecular formula is C10H11NS. The third-order valence-electron chi connectivity index (χ3n) is 1.95. The van der Waals surface area contributed by atoms with Gasteiger partial charge in [0.25, 0.3) is 0 Å². The molecule has 1 aromatic rings. The van der Waals surface area contributed by atoms with Crippen LogP contribution in [0.5, 0.6) is 0 Å². The maximum Gasteiger partial charge on any atom is 0.0696 e. The van der Waals surface area contributed by atoms with Gasteiger partial charge >= 0.3 is 0 Å². The molecule has 0 radical (unpaired) electrons. The summed E-state index contributed by atoms with van der Waals surface area (Å²) >= 11 is 1.78. The predicted molar refractivity (Wildman–Crippen MR) is 53.8 cm³/mol. The standard InChI is InChI=1S/C10H11NS/c1-7-3-4-9-6-11-8(2)12-10(9)5-7/h3-5H,6H2,1-2H3. The number of benzene rings is 1. The molecule has 0 saturated carbocycles. The summed E-state index contributed by atoms with van der Waals surface area (Å²) in [6, 6.07) is 6.56. The van der Waals surface area contributed by atoms with E-state index in [1.54, 1.807) is 11.8 Å². The van der Waals surface area contributed by atoms with Crippen molar-refractivity contribution in [1.82, 2.24) is 0 Å². The molecule has 12 heavy (non-hydrogen) atoms. The summed E-state index contributed by atoms with van der Waals surface area (Å²) in [5.41, 5.74) is 2.69. The number of aryl methyl sites for hydroxylation is 1. The molecular weight excluding hydrogens is 166 g/mol. The van der Waals surface area contributed by atoms with Crippen LogP contribution in [0.25, 0.3) is 0 Å². The lowest BCUT2D eigenvalue weighted by molar-refractivity contribution is 1.02. The van der Waals surface area contributed by atoms with Gasteiger partial charge in [0.15, 0.2) is 0 Å². The summed E-state index contributed by atoms with van der Waals surface area (Å²) < 4.78 is 0. The molecule has 0 fully saturated rings. The largest absolute Gasteiger partial charge is 0.278 e. The number of fused-ring (bicyclic) bond motifs is 1. The third kappa shape index (κ3) is 1.39. The second-order valence-electron chi connectivity index (χ2n) is 3.05. The number of aliphatic imine (C=N–C) groups is 1. The highest BCUT2D eigenvalue weighted by molar-refractivity contribution is 8.14. The topological polar surface area (TPSA) is 12.4 Å². The predicted octanol–water partition coefficient (Wildman–Crippen LogP) is 3.02. The minimum absolute atomic E-state index is 0.856. The highest BCUT2D eigenvalue weighted by Crippen LogP contribution is 2.29. The molecule has 0 aliphatic carbocycles. The Kier molecular flexibility index (Phi) is 1.93. The molecule has 0 unspecified atom stereocenters. The lowest BCUT2D eigenvalue weighted by Gasteiger charge is -2.13. The van der Waals surface area contributed by atoms with Crippen molar-refractivity contribution < 1.29 is 0 Å². The van der Waals surface area contributed by atoms with E-state index in [0.29, 0.717) is 0 Å². The van der Waals surface area contributed by atoms with Gasteiger partial charge in [-0.1, -0.05) is 23.9 Å². The molecule has 0 bridgehead atoms. The average molecular weight is 177 g/mol. The van der Waals surface area contributed by atoms with E-state index in [4.69, 9.17) is 0 Å². The molecule has 2 rings (SSSR count). The van der Waals surface area contributed by atoms with E-state index in [1.807, 2.05) is 0 Å². The minimum atomic E-state index is 0.856. The highest BCUT2D eigenvalue weighted by Gasteiger charge is 2.09. The van der Waals surface area contributed by atoms with Crippen LogP contribution in [0.2, 0.25) is 0 Å². The maximum absolute atomic E-state index is 4.38. The fourth-order valence-corrected chi connectivity index (χ4v) is 2.23. The molecule has 1 aromatic carbocycles. The molecule has 1 nitrogen and oxygen atoms in total. The normalized spacial score (nSPS) is 15.3. The van der Waals surface area contributed by atoms with Gasteiger partial charge in [-0.3, -0.25) is 4.99 Å². The van der Waals surface area contributed by atoms with Crippen molar-refractivity contribution in [1.29, 1.82) is 0 Å². The quantitative estimate of drug-likeness (QED) is 0.593. The zero-order valence-electron chi connectivity index (χ0n) is 7.29. The van der Waals surface area contributed by atoms with Crippen LogP contribution in [0.1, 0.15) is 18.1 Å². The Morgan fingerprint density at radius 2 is 2.17 bits per heavy atom. The lowest BCUT2D eigenvalue weighted by Crippen LogP contribution is -1.97. The lowest BCUT2D eigenvalue weighted by atomic mass is 10.1. The van der Waals surface area contributed by atoms with Crippen molar-refractivity contribution in [2.75, 3.05) is 0 Å². The van der Waals surface area contributed by atoms with E-state index >= 15 is 0 Å². The first kappa shape index (κ1) is 7.87.